The van der Waals surface area contributed by atoms with Gasteiger partial charge in [-0.25, -0.2) is 14.6 Å². The molecule has 0 bridgehead atoms. The molecule has 0 spiro atoms. The standard InChI is InChI=1S/C24H22N6O3S/c1-3-33-17-9-10-19-20(13-17)34-24(27-19)28-21(31)11-12-29-15(2)26-22-18(23(29)32)14-25-30(22)16-7-5-4-6-8-16/h4-10,13-14H,3,11-12H2,1-2H3,(H,27,28,31). The summed E-state index contributed by atoms with van der Waals surface area (Å²) < 4.78 is 9.60. The molecule has 0 saturated heterocycles. The van der Waals surface area contributed by atoms with Crippen molar-refractivity contribution in [3.63, 3.8) is 0 Å². The third-order valence-electron chi connectivity index (χ3n) is 5.36. The van der Waals surface area contributed by atoms with E-state index in [1.165, 1.54) is 22.1 Å². The van der Waals surface area contributed by atoms with Gasteiger partial charge in [-0.1, -0.05) is 29.5 Å². The van der Waals surface area contributed by atoms with E-state index in [0.29, 0.717) is 28.6 Å². The molecule has 3 heterocycles. The lowest BCUT2D eigenvalue weighted by atomic mass is 10.3. The van der Waals surface area contributed by atoms with Gasteiger partial charge in [0.05, 0.1) is 28.7 Å². The molecular formula is C24H22N6O3S. The van der Waals surface area contributed by atoms with E-state index in [1.54, 1.807) is 11.6 Å². The summed E-state index contributed by atoms with van der Waals surface area (Å²) in [7, 11) is 0. The van der Waals surface area contributed by atoms with Crippen LogP contribution in [0.3, 0.4) is 0 Å². The summed E-state index contributed by atoms with van der Waals surface area (Å²) in [5.74, 6) is 1.06. The van der Waals surface area contributed by atoms with Gasteiger partial charge in [0.1, 0.15) is 17.0 Å². The van der Waals surface area contributed by atoms with E-state index in [0.717, 1.165) is 21.7 Å². The Labute approximate surface area is 198 Å². The molecule has 0 unspecified atom stereocenters. The van der Waals surface area contributed by atoms with E-state index >= 15 is 0 Å². The van der Waals surface area contributed by atoms with Gasteiger partial charge in [-0.3, -0.25) is 14.2 Å². The first kappa shape index (κ1) is 21.8. The number of aryl methyl sites for hydroxylation is 1. The van der Waals surface area contributed by atoms with Crippen LogP contribution in [0.15, 0.2) is 59.5 Å². The quantitative estimate of drug-likeness (QED) is 0.383. The molecule has 172 valence electrons. The summed E-state index contributed by atoms with van der Waals surface area (Å²) in [6.45, 7) is 4.47. The van der Waals surface area contributed by atoms with Crippen LogP contribution in [0.5, 0.6) is 5.75 Å². The predicted molar refractivity (Wildman–Crippen MR) is 132 cm³/mol. The lowest BCUT2D eigenvalue weighted by Crippen LogP contribution is -2.26. The van der Waals surface area contributed by atoms with Crippen LogP contribution in [0.25, 0.3) is 26.9 Å². The van der Waals surface area contributed by atoms with Crippen LogP contribution in [0.1, 0.15) is 19.2 Å². The lowest BCUT2D eigenvalue weighted by molar-refractivity contribution is -0.116. The maximum absolute atomic E-state index is 13.1. The molecule has 0 aliphatic rings. The maximum atomic E-state index is 13.1. The molecule has 5 aromatic rings. The van der Waals surface area contributed by atoms with Crippen molar-refractivity contribution in [1.82, 2.24) is 24.3 Å². The molecule has 0 aliphatic carbocycles. The number of nitrogens with one attached hydrogen (secondary N) is 1. The van der Waals surface area contributed by atoms with Crippen LogP contribution in [-0.4, -0.2) is 36.8 Å². The third kappa shape index (κ3) is 4.15. The van der Waals surface area contributed by atoms with Gasteiger partial charge in [-0.15, -0.1) is 0 Å². The Kier molecular flexibility index (Phi) is 5.81. The smallest absolute Gasteiger partial charge is 0.264 e. The zero-order chi connectivity index (χ0) is 23.7. The van der Waals surface area contributed by atoms with Crippen molar-refractivity contribution >= 4 is 43.6 Å². The lowest BCUT2D eigenvalue weighted by Gasteiger charge is -2.10. The van der Waals surface area contributed by atoms with Gasteiger partial charge >= 0.3 is 0 Å². The van der Waals surface area contributed by atoms with Crippen molar-refractivity contribution in [3.8, 4) is 11.4 Å². The van der Waals surface area contributed by atoms with Crippen molar-refractivity contribution in [2.24, 2.45) is 0 Å². The van der Waals surface area contributed by atoms with Gasteiger partial charge in [0.2, 0.25) is 5.91 Å². The first-order valence-corrected chi connectivity index (χ1v) is 11.7. The highest BCUT2D eigenvalue weighted by Gasteiger charge is 2.15. The Morgan fingerprint density at radius 1 is 1.15 bits per heavy atom. The second kappa shape index (κ2) is 9.06. The number of rotatable bonds is 7. The van der Waals surface area contributed by atoms with Gasteiger partial charge in [0.15, 0.2) is 10.8 Å². The Balaban J connectivity index is 1.32. The minimum absolute atomic E-state index is 0.112. The van der Waals surface area contributed by atoms with E-state index in [-0.39, 0.29) is 24.4 Å². The number of anilines is 1. The first-order valence-electron chi connectivity index (χ1n) is 10.9. The number of thiazole rings is 1. The number of carbonyl (C=O) groups is 1. The van der Waals surface area contributed by atoms with Crippen LogP contribution in [-0.2, 0) is 11.3 Å². The number of aromatic nitrogens is 5. The number of carbonyl (C=O) groups excluding carboxylic acids is 1. The summed E-state index contributed by atoms with van der Waals surface area (Å²) in [5, 5.41) is 8.09. The van der Waals surface area contributed by atoms with E-state index in [9.17, 15) is 9.59 Å². The van der Waals surface area contributed by atoms with Crippen LogP contribution >= 0.6 is 11.3 Å². The minimum atomic E-state index is -0.226. The average molecular weight is 475 g/mol. The normalized spacial score (nSPS) is 11.2. The van der Waals surface area contributed by atoms with Crippen LogP contribution in [0.4, 0.5) is 5.13 Å². The van der Waals surface area contributed by atoms with Gasteiger partial charge < -0.3 is 10.1 Å². The predicted octanol–water partition coefficient (Wildman–Crippen LogP) is 3.93. The molecule has 0 radical (unpaired) electrons. The van der Waals surface area contributed by atoms with Gasteiger partial charge in [0, 0.05) is 13.0 Å². The maximum Gasteiger partial charge on any atom is 0.264 e. The molecule has 0 aliphatic heterocycles. The highest BCUT2D eigenvalue weighted by molar-refractivity contribution is 7.22. The Morgan fingerprint density at radius 2 is 1.97 bits per heavy atom. The minimum Gasteiger partial charge on any atom is -0.494 e. The second-order valence-electron chi connectivity index (χ2n) is 7.62. The molecule has 34 heavy (non-hydrogen) atoms. The van der Waals surface area contributed by atoms with Crippen molar-refractivity contribution in [2.75, 3.05) is 11.9 Å². The van der Waals surface area contributed by atoms with Gasteiger partial charge in [-0.05, 0) is 44.2 Å². The van der Waals surface area contributed by atoms with E-state index in [2.05, 4.69) is 20.4 Å². The number of fused-ring (bicyclic) bond motifs is 2. The fourth-order valence-corrected chi connectivity index (χ4v) is 4.65. The SMILES string of the molecule is CCOc1ccc2nc(NC(=O)CCn3c(C)nc4c(cnn4-c4ccccc4)c3=O)sc2c1. The molecule has 5 rings (SSSR count). The van der Waals surface area contributed by atoms with Crippen molar-refractivity contribution in [2.45, 2.75) is 26.8 Å². The Morgan fingerprint density at radius 3 is 2.76 bits per heavy atom. The van der Waals surface area contributed by atoms with Crippen molar-refractivity contribution in [3.05, 3.63) is 70.9 Å². The molecule has 1 amide bonds. The molecule has 2 aromatic carbocycles. The van der Waals surface area contributed by atoms with Crippen LogP contribution in [0.2, 0.25) is 0 Å². The number of benzene rings is 2. The summed E-state index contributed by atoms with van der Waals surface area (Å²) in [4.78, 5) is 34.7. The van der Waals surface area contributed by atoms with Gasteiger partial charge in [-0.2, -0.15) is 5.10 Å². The topological polar surface area (TPSA) is 104 Å². The van der Waals surface area contributed by atoms with Crippen LogP contribution < -0.4 is 15.6 Å². The molecular weight excluding hydrogens is 452 g/mol. The first-order chi connectivity index (χ1) is 16.5. The van der Waals surface area contributed by atoms with Crippen molar-refractivity contribution in [1.29, 1.82) is 0 Å². The highest BCUT2D eigenvalue weighted by Crippen LogP contribution is 2.29. The number of nitrogens with zero attached hydrogens (tertiary/aromatic N) is 5. The molecule has 0 saturated carbocycles. The van der Waals surface area contributed by atoms with Crippen molar-refractivity contribution < 1.29 is 9.53 Å². The van der Waals surface area contributed by atoms with Crippen LogP contribution in [0, 0.1) is 6.92 Å². The Bertz CT molecular complexity index is 1550. The van der Waals surface area contributed by atoms with E-state index in [4.69, 9.17) is 4.74 Å². The van der Waals surface area contributed by atoms with E-state index in [1.807, 2.05) is 55.5 Å². The monoisotopic (exact) mass is 474 g/mol. The second-order valence-corrected chi connectivity index (χ2v) is 8.66. The van der Waals surface area contributed by atoms with E-state index < -0.39 is 0 Å². The number of hydrogen-bond acceptors (Lipinski definition) is 7. The third-order valence-corrected chi connectivity index (χ3v) is 6.29. The highest BCUT2D eigenvalue weighted by atomic mass is 32.1. The average Bonchev–Trinajstić information content (AvgIpc) is 3.43. The summed E-state index contributed by atoms with van der Waals surface area (Å²) in [6, 6.07) is 15.2. The summed E-state index contributed by atoms with van der Waals surface area (Å²) in [5.41, 5.74) is 1.89. The summed E-state index contributed by atoms with van der Waals surface area (Å²) >= 11 is 1.38. The van der Waals surface area contributed by atoms with Gasteiger partial charge in [0.25, 0.3) is 5.56 Å². The number of amides is 1. The number of ether oxygens (including phenoxy) is 1. The number of hydrogen-bond donors (Lipinski definition) is 1. The Hall–Kier alpha value is -4.05. The molecule has 10 heteroatoms. The largest absolute Gasteiger partial charge is 0.494 e. The number of para-hydroxylation sites is 1. The molecule has 9 nitrogen and oxygen atoms in total. The molecule has 1 N–H and O–H groups in total. The zero-order valence-electron chi connectivity index (χ0n) is 18.7. The fourth-order valence-electron chi connectivity index (χ4n) is 3.74. The zero-order valence-corrected chi connectivity index (χ0v) is 19.5. The fraction of sp³-hybridized carbons (Fsp3) is 0.208. The molecule has 0 fully saturated rings. The molecule has 0 atom stereocenters. The molecule has 3 aromatic heterocycles. The summed E-state index contributed by atoms with van der Waals surface area (Å²) in [6.07, 6.45) is 1.63.